The van der Waals surface area contributed by atoms with Gasteiger partial charge in [-0.25, -0.2) is 9.59 Å². The summed E-state index contributed by atoms with van der Waals surface area (Å²) in [5.41, 5.74) is 0.282. The van der Waals surface area contributed by atoms with Crippen molar-refractivity contribution in [3.05, 3.63) is 17.7 Å². The molecule has 9 heteroatoms. The van der Waals surface area contributed by atoms with Gasteiger partial charge in [0.1, 0.15) is 11.6 Å². The summed E-state index contributed by atoms with van der Waals surface area (Å²) in [5, 5.41) is 0. The number of rotatable bonds is 6. The Balaban J connectivity index is 2.20. The molecule has 0 N–H and O–H groups in total. The van der Waals surface area contributed by atoms with Gasteiger partial charge >= 0.3 is 12.1 Å². The Hall–Kier alpha value is -2.68. The van der Waals surface area contributed by atoms with Gasteiger partial charge in [-0.15, -0.1) is 0 Å². The number of ether oxygens (including phenoxy) is 5. The minimum Gasteiger partial charge on any atom is -0.493 e. The van der Waals surface area contributed by atoms with Crippen LogP contribution >= 0.6 is 0 Å². The van der Waals surface area contributed by atoms with Crippen LogP contribution < -0.4 is 14.2 Å². The summed E-state index contributed by atoms with van der Waals surface area (Å²) in [5.74, 6) is 1.16. The van der Waals surface area contributed by atoms with E-state index in [1.165, 1.54) is 12.0 Å². The molecule has 0 aliphatic carbocycles. The van der Waals surface area contributed by atoms with E-state index in [1.807, 2.05) is 12.1 Å². The van der Waals surface area contributed by atoms with Gasteiger partial charge in [-0.3, -0.25) is 9.80 Å². The quantitative estimate of drug-likeness (QED) is 0.643. The van der Waals surface area contributed by atoms with Gasteiger partial charge in [0.15, 0.2) is 11.5 Å². The predicted molar refractivity (Wildman–Crippen MR) is 110 cm³/mol. The lowest BCUT2D eigenvalue weighted by Crippen LogP contribution is -2.59. The van der Waals surface area contributed by atoms with E-state index in [4.69, 9.17) is 23.7 Å². The van der Waals surface area contributed by atoms with Gasteiger partial charge in [-0.2, -0.15) is 0 Å². The number of hydrogen-bond acceptors (Lipinski definition) is 8. The van der Waals surface area contributed by atoms with Crippen LogP contribution in [0, 0.1) is 0 Å². The van der Waals surface area contributed by atoms with Crippen molar-refractivity contribution in [2.45, 2.75) is 39.0 Å². The molecule has 1 unspecified atom stereocenters. The smallest absolute Gasteiger partial charge is 0.411 e. The topological polar surface area (TPSA) is 86.8 Å². The predicted octanol–water partition coefficient (Wildman–Crippen LogP) is 2.31. The molecule has 0 saturated carbocycles. The van der Waals surface area contributed by atoms with E-state index in [0.717, 1.165) is 5.56 Å². The molecule has 1 aromatic rings. The van der Waals surface area contributed by atoms with Crippen LogP contribution in [0.15, 0.2) is 12.1 Å². The number of nitrogens with zero attached hydrogens (tertiary/aromatic N) is 2. The standard InChI is InChI=1S/C21H32N2O7/c1-21(2,3)30-20(25)23-9-8-22(13-15(23)19(24)29-7)12-14-10-16(26-4)18(28-6)17(11-14)27-5/h10-11,15H,8-9,12-13H2,1-7H3. The normalized spacial score (nSPS) is 17.3. The van der Waals surface area contributed by atoms with Gasteiger partial charge in [0, 0.05) is 26.2 Å². The zero-order valence-corrected chi connectivity index (χ0v) is 18.8. The molecule has 1 aliphatic rings. The number of hydrogen-bond donors (Lipinski definition) is 0. The molecule has 1 aromatic carbocycles. The Morgan fingerprint density at radius 1 is 1.00 bits per heavy atom. The van der Waals surface area contributed by atoms with Crippen LogP contribution in [0.2, 0.25) is 0 Å². The largest absolute Gasteiger partial charge is 0.493 e. The van der Waals surface area contributed by atoms with E-state index >= 15 is 0 Å². The summed E-state index contributed by atoms with van der Waals surface area (Å²) in [6, 6.07) is 2.99. The molecule has 9 nitrogen and oxygen atoms in total. The van der Waals surface area contributed by atoms with Gasteiger partial charge in [-0.1, -0.05) is 0 Å². The number of benzene rings is 1. The Kier molecular flexibility index (Phi) is 7.77. The van der Waals surface area contributed by atoms with E-state index in [9.17, 15) is 9.59 Å². The molecule has 1 amide bonds. The maximum atomic E-state index is 12.6. The third-order valence-corrected chi connectivity index (χ3v) is 4.70. The second-order valence-corrected chi connectivity index (χ2v) is 7.98. The zero-order valence-electron chi connectivity index (χ0n) is 18.8. The van der Waals surface area contributed by atoms with Crippen molar-refractivity contribution in [2.75, 3.05) is 48.1 Å². The summed E-state index contributed by atoms with van der Waals surface area (Å²) < 4.78 is 26.6. The highest BCUT2D eigenvalue weighted by Crippen LogP contribution is 2.38. The van der Waals surface area contributed by atoms with Gasteiger partial charge in [0.2, 0.25) is 5.75 Å². The summed E-state index contributed by atoms with van der Waals surface area (Å²) in [4.78, 5) is 28.5. The first-order valence-electron chi connectivity index (χ1n) is 9.72. The molecule has 1 saturated heterocycles. The molecular formula is C21H32N2O7. The summed E-state index contributed by atoms with van der Waals surface area (Å²) >= 11 is 0. The van der Waals surface area contributed by atoms with Crippen LogP contribution in [0.25, 0.3) is 0 Å². The third kappa shape index (κ3) is 5.69. The maximum Gasteiger partial charge on any atom is 0.411 e. The van der Waals surface area contributed by atoms with Gasteiger partial charge < -0.3 is 23.7 Å². The van der Waals surface area contributed by atoms with E-state index in [-0.39, 0.29) is 0 Å². The Morgan fingerprint density at radius 2 is 1.60 bits per heavy atom. The number of piperazine rings is 1. The number of amides is 1. The first kappa shape index (κ1) is 23.6. The van der Waals surface area contributed by atoms with Crippen molar-refractivity contribution in [3.63, 3.8) is 0 Å². The lowest BCUT2D eigenvalue weighted by atomic mass is 10.1. The zero-order chi connectivity index (χ0) is 22.5. The molecule has 0 radical (unpaired) electrons. The lowest BCUT2D eigenvalue weighted by Gasteiger charge is -2.40. The second kappa shape index (κ2) is 9.88. The fourth-order valence-electron chi connectivity index (χ4n) is 3.34. The van der Waals surface area contributed by atoms with Crippen molar-refractivity contribution in [1.29, 1.82) is 0 Å². The molecule has 1 aliphatic heterocycles. The Labute approximate surface area is 177 Å². The van der Waals surface area contributed by atoms with Gasteiger partial charge in [-0.05, 0) is 38.5 Å². The van der Waals surface area contributed by atoms with Crippen molar-refractivity contribution in [3.8, 4) is 17.2 Å². The first-order chi connectivity index (χ1) is 14.1. The third-order valence-electron chi connectivity index (χ3n) is 4.70. The monoisotopic (exact) mass is 424 g/mol. The average Bonchev–Trinajstić information content (AvgIpc) is 2.70. The highest BCUT2D eigenvalue weighted by molar-refractivity contribution is 5.82. The van der Waals surface area contributed by atoms with E-state index in [2.05, 4.69) is 4.90 Å². The van der Waals surface area contributed by atoms with Crippen LogP contribution in [0.1, 0.15) is 26.3 Å². The highest BCUT2D eigenvalue weighted by atomic mass is 16.6. The average molecular weight is 424 g/mol. The molecule has 2 rings (SSSR count). The van der Waals surface area contributed by atoms with Crippen LogP contribution in [-0.4, -0.2) is 81.6 Å². The summed E-state index contributed by atoms with van der Waals surface area (Å²) in [6.45, 7) is 7.15. The van der Waals surface area contributed by atoms with E-state index in [0.29, 0.717) is 43.4 Å². The fraction of sp³-hybridized carbons (Fsp3) is 0.619. The Bertz CT molecular complexity index is 735. The molecule has 1 heterocycles. The fourth-order valence-corrected chi connectivity index (χ4v) is 3.34. The Morgan fingerprint density at radius 3 is 2.07 bits per heavy atom. The van der Waals surface area contributed by atoms with Crippen LogP contribution in [0.4, 0.5) is 4.79 Å². The number of carbonyl (C=O) groups excluding carboxylic acids is 2. The minimum absolute atomic E-state index is 0.322. The summed E-state index contributed by atoms with van der Waals surface area (Å²) in [7, 11) is 5.99. The van der Waals surface area contributed by atoms with Gasteiger partial charge in [0.05, 0.1) is 28.4 Å². The first-order valence-corrected chi connectivity index (χ1v) is 9.72. The maximum absolute atomic E-state index is 12.6. The number of methoxy groups -OCH3 is 4. The number of esters is 1. The molecule has 1 fully saturated rings. The van der Waals surface area contributed by atoms with Crippen LogP contribution in [0.3, 0.4) is 0 Å². The molecule has 0 spiro atoms. The van der Waals surface area contributed by atoms with Crippen molar-refractivity contribution >= 4 is 12.1 Å². The van der Waals surface area contributed by atoms with E-state index < -0.39 is 23.7 Å². The SMILES string of the molecule is COC(=O)C1CN(Cc2cc(OC)c(OC)c(OC)c2)CCN1C(=O)OC(C)(C)C. The second-order valence-electron chi connectivity index (χ2n) is 7.98. The lowest BCUT2D eigenvalue weighted by molar-refractivity contribution is -0.149. The molecule has 1 atom stereocenters. The molecule has 0 bridgehead atoms. The van der Waals surface area contributed by atoms with Crippen molar-refractivity contribution in [2.24, 2.45) is 0 Å². The van der Waals surface area contributed by atoms with Gasteiger partial charge in [0.25, 0.3) is 0 Å². The molecule has 168 valence electrons. The number of carbonyl (C=O) groups is 2. The highest BCUT2D eigenvalue weighted by Gasteiger charge is 2.38. The summed E-state index contributed by atoms with van der Waals surface area (Å²) in [6.07, 6.45) is -0.523. The molecule has 0 aromatic heterocycles. The van der Waals surface area contributed by atoms with Crippen molar-refractivity contribution < 1.29 is 33.3 Å². The molecular weight excluding hydrogens is 392 g/mol. The van der Waals surface area contributed by atoms with Crippen LogP contribution in [0.5, 0.6) is 17.2 Å². The van der Waals surface area contributed by atoms with Crippen molar-refractivity contribution in [1.82, 2.24) is 9.80 Å². The molecule has 30 heavy (non-hydrogen) atoms. The van der Waals surface area contributed by atoms with E-state index in [1.54, 1.807) is 42.1 Å². The minimum atomic E-state index is -0.749. The van der Waals surface area contributed by atoms with Crippen LogP contribution in [-0.2, 0) is 20.8 Å².